The SMILES string of the molecule is Cc1ccc(C(=O)N2CC[C@H](CO)C2)cc1C. The number of likely N-dealkylation sites (tertiary alicyclic amines) is 1. The Bertz CT molecular complexity index is 428. The van der Waals surface area contributed by atoms with Gasteiger partial charge in [-0.2, -0.15) is 0 Å². The van der Waals surface area contributed by atoms with Gasteiger partial charge in [0.1, 0.15) is 0 Å². The summed E-state index contributed by atoms with van der Waals surface area (Å²) >= 11 is 0. The lowest BCUT2D eigenvalue weighted by Crippen LogP contribution is -2.29. The first-order valence-electron chi connectivity index (χ1n) is 6.09. The Hall–Kier alpha value is -1.35. The number of amides is 1. The highest BCUT2D eigenvalue weighted by Crippen LogP contribution is 2.19. The van der Waals surface area contributed by atoms with Gasteiger partial charge in [-0.1, -0.05) is 6.07 Å². The maximum atomic E-state index is 12.2. The minimum absolute atomic E-state index is 0.0871. The third kappa shape index (κ3) is 2.50. The fourth-order valence-electron chi connectivity index (χ4n) is 2.22. The van der Waals surface area contributed by atoms with Crippen LogP contribution >= 0.6 is 0 Å². The number of carbonyl (C=O) groups excluding carboxylic acids is 1. The summed E-state index contributed by atoms with van der Waals surface area (Å²) in [6.07, 6.45) is 0.910. The molecule has 1 saturated heterocycles. The van der Waals surface area contributed by atoms with Crippen LogP contribution in [0.2, 0.25) is 0 Å². The van der Waals surface area contributed by atoms with Crippen LogP contribution in [0.5, 0.6) is 0 Å². The number of rotatable bonds is 2. The predicted molar refractivity (Wildman–Crippen MR) is 67.0 cm³/mol. The van der Waals surface area contributed by atoms with Crippen LogP contribution in [0.1, 0.15) is 27.9 Å². The molecule has 1 aromatic carbocycles. The van der Waals surface area contributed by atoms with Gasteiger partial charge in [-0.05, 0) is 43.5 Å². The molecule has 0 spiro atoms. The summed E-state index contributed by atoms with van der Waals surface area (Å²) in [7, 11) is 0. The van der Waals surface area contributed by atoms with E-state index in [-0.39, 0.29) is 18.4 Å². The first-order chi connectivity index (χ1) is 8.11. The van der Waals surface area contributed by atoms with Crippen LogP contribution in [0.25, 0.3) is 0 Å². The zero-order chi connectivity index (χ0) is 12.4. The van der Waals surface area contributed by atoms with Gasteiger partial charge in [0.2, 0.25) is 0 Å². The number of nitrogens with zero attached hydrogens (tertiary/aromatic N) is 1. The van der Waals surface area contributed by atoms with E-state index in [0.717, 1.165) is 24.1 Å². The summed E-state index contributed by atoms with van der Waals surface area (Å²) in [5.41, 5.74) is 3.11. The number of aliphatic hydroxyl groups excluding tert-OH is 1. The first kappa shape index (κ1) is 12.1. The fourth-order valence-corrected chi connectivity index (χ4v) is 2.22. The average Bonchev–Trinajstić information content (AvgIpc) is 2.80. The highest BCUT2D eigenvalue weighted by molar-refractivity contribution is 5.94. The van der Waals surface area contributed by atoms with E-state index in [1.165, 1.54) is 5.56 Å². The number of benzene rings is 1. The minimum Gasteiger partial charge on any atom is -0.396 e. The van der Waals surface area contributed by atoms with Crippen molar-refractivity contribution < 1.29 is 9.90 Å². The summed E-state index contributed by atoms with van der Waals surface area (Å²) in [6, 6.07) is 5.82. The van der Waals surface area contributed by atoms with Gasteiger partial charge in [0.05, 0.1) is 0 Å². The summed E-state index contributed by atoms with van der Waals surface area (Å²) in [5.74, 6) is 0.342. The standard InChI is InChI=1S/C14H19NO2/c1-10-3-4-13(7-11(10)2)14(17)15-6-5-12(8-15)9-16/h3-4,7,12,16H,5-6,8-9H2,1-2H3/t12-/m0/s1. The van der Waals surface area contributed by atoms with Crippen LogP contribution < -0.4 is 0 Å². The van der Waals surface area contributed by atoms with Crippen LogP contribution in [-0.4, -0.2) is 35.6 Å². The smallest absolute Gasteiger partial charge is 0.253 e. The van der Waals surface area contributed by atoms with Crippen LogP contribution in [0.4, 0.5) is 0 Å². The largest absolute Gasteiger partial charge is 0.396 e. The maximum absolute atomic E-state index is 12.2. The Morgan fingerprint density at radius 3 is 2.76 bits per heavy atom. The Labute approximate surface area is 102 Å². The van der Waals surface area contributed by atoms with Crippen molar-refractivity contribution in [1.82, 2.24) is 4.90 Å². The normalized spacial score (nSPS) is 19.7. The van der Waals surface area contributed by atoms with Crippen molar-refractivity contribution in [2.24, 2.45) is 5.92 Å². The third-order valence-electron chi connectivity index (χ3n) is 3.59. The van der Waals surface area contributed by atoms with Gasteiger partial charge < -0.3 is 10.0 Å². The van der Waals surface area contributed by atoms with Crippen molar-refractivity contribution in [3.05, 3.63) is 34.9 Å². The number of aliphatic hydroxyl groups is 1. The number of carbonyl (C=O) groups is 1. The second kappa shape index (κ2) is 4.88. The molecule has 1 amide bonds. The second-order valence-electron chi connectivity index (χ2n) is 4.89. The molecule has 1 atom stereocenters. The molecule has 0 aromatic heterocycles. The molecule has 1 aliphatic rings. The topological polar surface area (TPSA) is 40.5 Å². The van der Waals surface area contributed by atoms with Crippen molar-refractivity contribution >= 4 is 5.91 Å². The molecule has 1 fully saturated rings. The zero-order valence-electron chi connectivity index (χ0n) is 10.4. The van der Waals surface area contributed by atoms with E-state index < -0.39 is 0 Å². The summed E-state index contributed by atoms with van der Waals surface area (Å²) < 4.78 is 0. The molecule has 3 heteroatoms. The molecular formula is C14H19NO2. The van der Waals surface area contributed by atoms with E-state index >= 15 is 0 Å². The van der Waals surface area contributed by atoms with Gasteiger partial charge in [0, 0.05) is 31.2 Å². The summed E-state index contributed by atoms with van der Waals surface area (Å²) in [6.45, 7) is 5.68. The zero-order valence-corrected chi connectivity index (χ0v) is 10.4. The number of hydrogen-bond acceptors (Lipinski definition) is 2. The third-order valence-corrected chi connectivity index (χ3v) is 3.59. The van der Waals surface area contributed by atoms with E-state index in [4.69, 9.17) is 5.11 Å². The van der Waals surface area contributed by atoms with Crippen molar-refractivity contribution in [3.63, 3.8) is 0 Å². The molecule has 2 rings (SSSR count). The molecule has 3 nitrogen and oxygen atoms in total. The van der Waals surface area contributed by atoms with E-state index in [9.17, 15) is 4.79 Å². The van der Waals surface area contributed by atoms with Gasteiger partial charge >= 0.3 is 0 Å². The second-order valence-corrected chi connectivity index (χ2v) is 4.89. The highest BCUT2D eigenvalue weighted by atomic mass is 16.3. The molecule has 17 heavy (non-hydrogen) atoms. The number of hydrogen-bond donors (Lipinski definition) is 1. The van der Waals surface area contributed by atoms with Gasteiger partial charge in [-0.3, -0.25) is 4.79 Å². The first-order valence-corrected chi connectivity index (χ1v) is 6.09. The molecule has 92 valence electrons. The molecular weight excluding hydrogens is 214 g/mol. The Kier molecular flexibility index (Phi) is 3.48. The molecule has 1 aliphatic heterocycles. The average molecular weight is 233 g/mol. The highest BCUT2D eigenvalue weighted by Gasteiger charge is 2.26. The van der Waals surface area contributed by atoms with E-state index in [1.54, 1.807) is 0 Å². The molecule has 1 aromatic rings. The fraction of sp³-hybridized carbons (Fsp3) is 0.500. The van der Waals surface area contributed by atoms with Crippen molar-refractivity contribution in [2.45, 2.75) is 20.3 Å². The Balaban J connectivity index is 2.12. The molecule has 0 bridgehead atoms. The number of aryl methyl sites for hydroxylation is 2. The monoisotopic (exact) mass is 233 g/mol. The molecule has 1 N–H and O–H groups in total. The van der Waals surface area contributed by atoms with Gasteiger partial charge in [0.15, 0.2) is 0 Å². The minimum atomic E-state index is 0.0871. The van der Waals surface area contributed by atoms with Gasteiger partial charge in [-0.15, -0.1) is 0 Å². The van der Waals surface area contributed by atoms with E-state index in [1.807, 2.05) is 36.9 Å². The molecule has 0 saturated carbocycles. The van der Waals surface area contributed by atoms with Crippen molar-refractivity contribution in [1.29, 1.82) is 0 Å². The molecule has 1 heterocycles. The van der Waals surface area contributed by atoms with Crippen LogP contribution in [0, 0.1) is 19.8 Å². The van der Waals surface area contributed by atoms with E-state index in [2.05, 4.69) is 0 Å². The van der Waals surface area contributed by atoms with Crippen molar-refractivity contribution in [2.75, 3.05) is 19.7 Å². The summed E-state index contributed by atoms with van der Waals surface area (Å²) in [5, 5.41) is 9.08. The quantitative estimate of drug-likeness (QED) is 0.845. The van der Waals surface area contributed by atoms with Gasteiger partial charge in [0.25, 0.3) is 5.91 Å². The van der Waals surface area contributed by atoms with Crippen LogP contribution in [0.15, 0.2) is 18.2 Å². The lowest BCUT2D eigenvalue weighted by molar-refractivity contribution is 0.0782. The molecule has 0 radical (unpaired) electrons. The van der Waals surface area contributed by atoms with Crippen LogP contribution in [-0.2, 0) is 0 Å². The lowest BCUT2D eigenvalue weighted by atomic mass is 10.1. The maximum Gasteiger partial charge on any atom is 0.253 e. The Morgan fingerprint density at radius 1 is 1.41 bits per heavy atom. The van der Waals surface area contributed by atoms with Crippen molar-refractivity contribution in [3.8, 4) is 0 Å². The van der Waals surface area contributed by atoms with Crippen LogP contribution in [0.3, 0.4) is 0 Å². The lowest BCUT2D eigenvalue weighted by Gasteiger charge is -2.16. The molecule has 0 aliphatic carbocycles. The Morgan fingerprint density at radius 2 is 2.18 bits per heavy atom. The predicted octanol–water partition coefficient (Wildman–Crippen LogP) is 1.76. The van der Waals surface area contributed by atoms with E-state index in [0.29, 0.717) is 6.54 Å². The van der Waals surface area contributed by atoms with Gasteiger partial charge in [-0.25, -0.2) is 0 Å². The summed E-state index contributed by atoms with van der Waals surface area (Å²) in [4.78, 5) is 14.1. The molecule has 0 unspecified atom stereocenters.